The highest BCUT2D eigenvalue weighted by molar-refractivity contribution is 9.11. The topological polar surface area (TPSA) is 78.0 Å². The van der Waals surface area contributed by atoms with Crippen LogP contribution in [-0.2, 0) is 19.6 Å². The van der Waals surface area contributed by atoms with Gasteiger partial charge in [-0.05, 0) is 28.1 Å². The van der Waals surface area contributed by atoms with Crippen LogP contribution in [0.5, 0.6) is 0 Å². The summed E-state index contributed by atoms with van der Waals surface area (Å²) in [6, 6.07) is 3.29. The van der Waals surface area contributed by atoms with Crippen LogP contribution in [0.2, 0.25) is 0 Å². The third-order valence-corrected chi connectivity index (χ3v) is 8.82. The lowest BCUT2D eigenvalue weighted by Gasteiger charge is -2.34. The fourth-order valence-electron chi connectivity index (χ4n) is 2.54. The van der Waals surface area contributed by atoms with Gasteiger partial charge in [-0.3, -0.25) is 9.59 Å². The zero-order valence-corrected chi connectivity index (χ0v) is 16.7. The van der Waals surface area contributed by atoms with E-state index in [1.165, 1.54) is 27.4 Å². The van der Waals surface area contributed by atoms with Crippen LogP contribution in [0, 0.1) is 0 Å². The van der Waals surface area contributed by atoms with E-state index in [9.17, 15) is 18.0 Å². The summed E-state index contributed by atoms with van der Waals surface area (Å²) in [6.45, 7) is 1.31. The number of nitrogens with zero attached hydrogens (tertiary/aromatic N) is 3. The second-order valence-electron chi connectivity index (χ2n) is 5.41. The van der Waals surface area contributed by atoms with Gasteiger partial charge >= 0.3 is 0 Å². The monoisotopic (exact) mass is 453 g/mol. The fraction of sp³-hybridized carbons (Fsp3) is 0.538. The molecule has 2 fully saturated rings. The first-order valence-electron chi connectivity index (χ1n) is 7.27. The van der Waals surface area contributed by atoms with Crippen molar-refractivity contribution in [2.24, 2.45) is 0 Å². The Kier molecular flexibility index (Phi) is 5.55. The maximum atomic E-state index is 12.6. The van der Waals surface area contributed by atoms with E-state index >= 15 is 0 Å². The van der Waals surface area contributed by atoms with Crippen molar-refractivity contribution in [1.82, 2.24) is 14.1 Å². The Morgan fingerprint density at radius 3 is 2.46 bits per heavy atom. The minimum absolute atomic E-state index is 0.0159. The second-order valence-corrected chi connectivity index (χ2v) is 11.0. The zero-order chi connectivity index (χ0) is 17.3. The minimum Gasteiger partial charge on any atom is -0.339 e. The Hall–Kier alpha value is -0.620. The van der Waals surface area contributed by atoms with Crippen molar-refractivity contribution < 1.29 is 18.0 Å². The first kappa shape index (κ1) is 18.2. The third-order valence-electron chi connectivity index (χ3n) is 3.89. The Morgan fingerprint density at radius 1 is 1.21 bits per heavy atom. The number of amides is 2. The lowest BCUT2D eigenvalue weighted by Crippen LogP contribution is -2.52. The second kappa shape index (κ2) is 7.32. The molecule has 2 aliphatic rings. The predicted octanol–water partition coefficient (Wildman–Crippen LogP) is 0.876. The van der Waals surface area contributed by atoms with E-state index in [1.807, 2.05) is 0 Å². The highest BCUT2D eigenvalue weighted by Gasteiger charge is 2.32. The molecular formula is C13H16BrN3O4S3. The largest absolute Gasteiger partial charge is 0.339 e. The average molecular weight is 454 g/mol. The van der Waals surface area contributed by atoms with Crippen molar-refractivity contribution in [3.63, 3.8) is 0 Å². The van der Waals surface area contributed by atoms with E-state index in [-0.39, 0.29) is 31.4 Å². The molecule has 0 bridgehead atoms. The molecule has 11 heteroatoms. The molecule has 2 saturated heterocycles. The van der Waals surface area contributed by atoms with Crippen molar-refractivity contribution >= 4 is 60.9 Å². The van der Waals surface area contributed by atoms with Gasteiger partial charge in [0.2, 0.25) is 11.8 Å². The Labute approximate surface area is 157 Å². The van der Waals surface area contributed by atoms with Gasteiger partial charge in [0, 0.05) is 26.2 Å². The number of piperazine rings is 1. The molecule has 0 atom stereocenters. The van der Waals surface area contributed by atoms with Crippen molar-refractivity contribution in [2.75, 3.05) is 44.4 Å². The smallest absolute Gasteiger partial charge is 0.252 e. The number of hydrogen-bond acceptors (Lipinski definition) is 6. The number of halogens is 1. The quantitative estimate of drug-likeness (QED) is 0.675. The van der Waals surface area contributed by atoms with Crippen LogP contribution in [0.25, 0.3) is 0 Å². The van der Waals surface area contributed by atoms with Gasteiger partial charge in [0.15, 0.2) is 0 Å². The van der Waals surface area contributed by atoms with Gasteiger partial charge in [0.1, 0.15) is 10.8 Å². The Balaban J connectivity index is 1.57. The van der Waals surface area contributed by atoms with Gasteiger partial charge < -0.3 is 9.80 Å². The molecule has 1 aromatic rings. The summed E-state index contributed by atoms with van der Waals surface area (Å²) in [5, 5.41) is 0. The number of carbonyl (C=O) groups excluding carboxylic acids is 2. The molecule has 7 nitrogen and oxygen atoms in total. The zero-order valence-electron chi connectivity index (χ0n) is 12.7. The van der Waals surface area contributed by atoms with Crippen LogP contribution < -0.4 is 0 Å². The van der Waals surface area contributed by atoms with Gasteiger partial charge in [0.05, 0.1) is 15.4 Å². The summed E-state index contributed by atoms with van der Waals surface area (Å²) in [7, 11) is -3.51. The number of sulfonamides is 1. The van der Waals surface area contributed by atoms with Crippen LogP contribution in [0.15, 0.2) is 20.1 Å². The SMILES string of the molecule is O=C(CN1CSCC1=O)N1CCN(S(=O)(=O)c2ccc(Br)s2)CC1. The van der Waals surface area contributed by atoms with Gasteiger partial charge in [-0.25, -0.2) is 8.42 Å². The molecule has 0 saturated carbocycles. The molecule has 3 heterocycles. The number of hydrogen-bond donors (Lipinski definition) is 0. The minimum atomic E-state index is -3.51. The first-order chi connectivity index (χ1) is 11.4. The molecule has 0 unspecified atom stereocenters. The van der Waals surface area contributed by atoms with Gasteiger partial charge in [0.25, 0.3) is 10.0 Å². The molecule has 3 rings (SSSR count). The van der Waals surface area contributed by atoms with E-state index < -0.39 is 10.0 Å². The van der Waals surface area contributed by atoms with E-state index in [2.05, 4.69) is 15.9 Å². The standard InChI is InChI=1S/C13H16BrN3O4S3/c14-10-1-2-13(23-10)24(20,21)17-5-3-15(4-6-17)11(18)7-16-9-22-8-12(16)19/h1-2H,3-9H2. The molecule has 132 valence electrons. The summed E-state index contributed by atoms with van der Waals surface area (Å²) in [5.41, 5.74) is 0. The highest BCUT2D eigenvalue weighted by Crippen LogP contribution is 2.29. The van der Waals surface area contributed by atoms with Crippen molar-refractivity contribution in [3.8, 4) is 0 Å². The van der Waals surface area contributed by atoms with E-state index in [4.69, 9.17) is 0 Å². The first-order valence-corrected chi connectivity index (χ1v) is 11.5. The lowest BCUT2D eigenvalue weighted by atomic mass is 10.3. The molecular weight excluding hydrogens is 438 g/mol. The van der Waals surface area contributed by atoms with Crippen LogP contribution in [-0.4, -0.2) is 78.7 Å². The lowest BCUT2D eigenvalue weighted by molar-refractivity contribution is -0.138. The van der Waals surface area contributed by atoms with Gasteiger partial charge in [-0.2, -0.15) is 4.31 Å². The molecule has 2 aliphatic heterocycles. The van der Waals surface area contributed by atoms with Gasteiger partial charge in [-0.15, -0.1) is 23.1 Å². The van der Waals surface area contributed by atoms with Crippen LogP contribution in [0.3, 0.4) is 0 Å². The summed E-state index contributed by atoms with van der Waals surface area (Å²) < 4.78 is 27.6. The molecule has 2 amide bonds. The normalized spacial score (nSPS) is 20.0. The predicted molar refractivity (Wildman–Crippen MR) is 96.4 cm³/mol. The number of carbonyl (C=O) groups is 2. The maximum absolute atomic E-state index is 12.6. The number of thioether (sulfide) groups is 1. The molecule has 0 spiro atoms. The molecule has 0 N–H and O–H groups in total. The highest BCUT2D eigenvalue weighted by atomic mass is 79.9. The van der Waals surface area contributed by atoms with Crippen LogP contribution in [0.4, 0.5) is 0 Å². The van der Waals surface area contributed by atoms with Crippen molar-refractivity contribution in [3.05, 3.63) is 15.9 Å². The van der Waals surface area contributed by atoms with Crippen molar-refractivity contribution in [1.29, 1.82) is 0 Å². The summed E-state index contributed by atoms with van der Waals surface area (Å²) in [5.74, 6) is 0.835. The molecule has 0 radical (unpaired) electrons. The third kappa shape index (κ3) is 3.79. The number of thiophene rings is 1. The van der Waals surface area contributed by atoms with Crippen LogP contribution >= 0.6 is 39.0 Å². The molecule has 0 aromatic carbocycles. The van der Waals surface area contributed by atoms with E-state index in [0.717, 1.165) is 3.79 Å². The van der Waals surface area contributed by atoms with Crippen LogP contribution in [0.1, 0.15) is 0 Å². The Morgan fingerprint density at radius 2 is 1.92 bits per heavy atom. The molecule has 0 aliphatic carbocycles. The van der Waals surface area contributed by atoms with Gasteiger partial charge in [-0.1, -0.05) is 0 Å². The maximum Gasteiger partial charge on any atom is 0.252 e. The average Bonchev–Trinajstić information content (AvgIpc) is 3.17. The van der Waals surface area contributed by atoms with E-state index in [0.29, 0.717) is 28.9 Å². The summed E-state index contributed by atoms with van der Waals surface area (Å²) in [6.07, 6.45) is 0. The Bertz CT molecular complexity index is 743. The summed E-state index contributed by atoms with van der Waals surface area (Å²) in [4.78, 5) is 27.0. The fourth-order valence-corrected chi connectivity index (χ4v) is 7.04. The number of rotatable bonds is 4. The van der Waals surface area contributed by atoms with Crippen molar-refractivity contribution in [2.45, 2.75) is 4.21 Å². The molecule has 1 aromatic heterocycles. The summed E-state index contributed by atoms with van der Waals surface area (Å²) >= 11 is 5.95. The van der Waals surface area contributed by atoms with E-state index in [1.54, 1.807) is 21.9 Å². The molecule has 24 heavy (non-hydrogen) atoms.